The third-order valence-electron chi connectivity index (χ3n) is 2.17. The van der Waals surface area contributed by atoms with Gasteiger partial charge in [-0.2, -0.15) is 5.10 Å². The summed E-state index contributed by atoms with van der Waals surface area (Å²) < 4.78 is 0. The molecule has 0 atom stereocenters. The molecule has 1 aliphatic rings. The van der Waals surface area contributed by atoms with Crippen LogP contribution in [0.15, 0.2) is 23.3 Å². The summed E-state index contributed by atoms with van der Waals surface area (Å²) in [7, 11) is 0. The van der Waals surface area contributed by atoms with Gasteiger partial charge in [-0.3, -0.25) is 5.43 Å². The highest BCUT2D eigenvalue weighted by molar-refractivity contribution is 7.80. The Labute approximate surface area is 98.5 Å². The molecule has 1 aromatic carbocycles. The van der Waals surface area contributed by atoms with Gasteiger partial charge in [0, 0.05) is 16.3 Å². The third-order valence-corrected chi connectivity index (χ3v) is 2.60. The second kappa shape index (κ2) is 4.16. The first-order chi connectivity index (χ1) is 7.20. The zero-order valence-corrected chi connectivity index (χ0v) is 9.75. The van der Waals surface area contributed by atoms with E-state index in [1.807, 2.05) is 25.1 Å². The highest BCUT2D eigenvalue weighted by Crippen LogP contribution is 2.23. The number of anilines is 1. The van der Waals surface area contributed by atoms with Crippen LogP contribution in [0, 0.1) is 0 Å². The molecule has 1 aliphatic heterocycles. The van der Waals surface area contributed by atoms with Crippen LogP contribution in [0.5, 0.6) is 0 Å². The fraction of sp³-hybridized carbons (Fsp3) is 0.200. The topological polar surface area (TPSA) is 36.4 Å². The van der Waals surface area contributed by atoms with E-state index in [-0.39, 0.29) is 0 Å². The van der Waals surface area contributed by atoms with Crippen molar-refractivity contribution < 1.29 is 0 Å². The van der Waals surface area contributed by atoms with Gasteiger partial charge in [-0.15, -0.1) is 0 Å². The van der Waals surface area contributed by atoms with E-state index >= 15 is 0 Å². The first-order valence-corrected chi connectivity index (χ1v) is 5.43. The SMILES string of the molecule is CCC1=NNC(=S)Nc2ccc(Cl)cc21. The van der Waals surface area contributed by atoms with Crippen LogP contribution < -0.4 is 10.7 Å². The highest BCUT2D eigenvalue weighted by atomic mass is 35.5. The van der Waals surface area contributed by atoms with Crippen LogP contribution in [0.1, 0.15) is 18.9 Å². The van der Waals surface area contributed by atoms with E-state index in [0.717, 1.165) is 23.4 Å². The monoisotopic (exact) mass is 239 g/mol. The van der Waals surface area contributed by atoms with Crippen LogP contribution in [0.2, 0.25) is 5.02 Å². The van der Waals surface area contributed by atoms with E-state index in [2.05, 4.69) is 15.8 Å². The van der Waals surface area contributed by atoms with E-state index in [1.165, 1.54) is 0 Å². The maximum Gasteiger partial charge on any atom is 0.191 e. The number of benzene rings is 1. The van der Waals surface area contributed by atoms with Crippen molar-refractivity contribution in [3.05, 3.63) is 28.8 Å². The minimum atomic E-state index is 0.502. The Bertz CT molecular complexity index is 442. The Morgan fingerprint density at radius 2 is 2.27 bits per heavy atom. The van der Waals surface area contributed by atoms with Crippen molar-refractivity contribution in [1.82, 2.24) is 5.43 Å². The number of thiocarbonyl (C=S) groups is 1. The molecule has 1 heterocycles. The molecule has 0 bridgehead atoms. The Morgan fingerprint density at radius 1 is 1.47 bits per heavy atom. The Balaban J connectivity index is 2.55. The molecule has 0 aliphatic carbocycles. The molecule has 0 spiro atoms. The van der Waals surface area contributed by atoms with Crippen LogP contribution in [0.25, 0.3) is 0 Å². The second-order valence-corrected chi connectivity index (χ2v) is 4.01. The zero-order valence-electron chi connectivity index (χ0n) is 8.17. The van der Waals surface area contributed by atoms with Gasteiger partial charge in [-0.25, -0.2) is 0 Å². The predicted molar refractivity (Wildman–Crippen MR) is 67.6 cm³/mol. The first-order valence-electron chi connectivity index (χ1n) is 4.64. The lowest BCUT2D eigenvalue weighted by molar-refractivity contribution is 1.03. The van der Waals surface area contributed by atoms with Crippen LogP contribution in [-0.2, 0) is 0 Å². The summed E-state index contributed by atoms with van der Waals surface area (Å²) in [5.74, 6) is 0. The fourth-order valence-electron chi connectivity index (χ4n) is 1.46. The molecule has 15 heavy (non-hydrogen) atoms. The summed E-state index contributed by atoms with van der Waals surface area (Å²) in [5.41, 5.74) is 5.66. The van der Waals surface area contributed by atoms with Crippen LogP contribution in [-0.4, -0.2) is 10.8 Å². The number of nitrogens with zero attached hydrogens (tertiary/aromatic N) is 1. The maximum atomic E-state index is 5.95. The van der Waals surface area contributed by atoms with Gasteiger partial charge in [-0.1, -0.05) is 18.5 Å². The molecule has 0 saturated heterocycles. The van der Waals surface area contributed by atoms with Crippen molar-refractivity contribution in [3.63, 3.8) is 0 Å². The van der Waals surface area contributed by atoms with Crippen LogP contribution >= 0.6 is 23.8 Å². The third kappa shape index (κ3) is 2.11. The Kier molecular flexibility index (Phi) is 2.88. The van der Waals surface area contributed by atoms with Gasteiger partial charge < -0.3 is 5.32 Å². The minimum Gasteiger partial charge on any atom is -0.331 e. The number of nitrogens with one attached hydrogen (secondary N) is 2. The molecule has 0 saturated carbocycles. The van der Waals surface area contributed by atoms with Gasteiger partial charge in [0.15, 0.2) is 5.11 Å². The van der Waals surface area contributed by atoms with E-state index < -0.39 is 0 Å². The number of hydrazone groups is 1. The van der Waals surface area contributed by atoms with Crippen molar-refractivity contribution in [2.45, 2.75) is 13.3 Å². The predicted octanol–water partition coefficient (Wildman–Crippen LogP) is 2.75. The van der Waals surface area contributed by atoms with Crippen molar-refractivity contribution in [3.8, 4) is 0 Å². The number of hydrogen-bond acceptors (Lipinski definition) is 2. The smallest absolute Gasteiger partial charge is 0.191 e. The quantitative estimate of drug-likeness (QED) is 0.740. The zero-order chi connectivity index (χ0) is 10.8. The average molecular weight is 240 g/mol. The molecule has 2 rings (SSSR count). The summed E-state index contributed by atoms with van der Waals surface area (Å²) in [6.45, 7) is 2.04. The van der Waals surface area contributed by atoms with Gasteiger partial charge in [-0.05, 0) is 36.8 Å². The summed E-state index contributed by atoms with van der Waals surface area (Å²) in [6.07, 6.45) is 0.824. The molecule has 2 N–H and O–H groups in total. The van der Waals surface area contributed by atoms with Gasteiger partial charge in [0.25, 0.3) is 0 Å². The van der Waals surface area contributed by atoms with Gasteiger partial charge in [0.1, 0.15) is 0 Å². The van der Waals surface area contributed by atoms with Gasteiger partial charge in [0.2, 0.25) is 0 Å². The highest BCUT2D eigenvalue weighted by Gasteiger charge is 2.13. The van der Waals surface area contributed by atoms with E-state index in [1.54, 1.807) is 0 Å². The number of fused-ring (bicyclic) bond motifs is 1. The Morgan fingerprint density at radius 3 is 3.00 bits per heavy atom. The summed E-state index contributed by atoms with van der Waals surface area (Å²) >= 11 is 11.0. The standard InChI is InChI=1S/C10H10ClN3S/c1-2-8-7-5-6(11)3-4-9(7)12-10(15)14-13-8/h3-5H,2H2,1H3,(H2,12,14,15). The lowest BCUT2D eigenvalue weighted by Crippen LogP contribution is -2.22. The molecule has 78 valence electrons. The number of rotatable bonds is 1. The fourth-order valence-corrected chi connectivity index (χ4v) is 1.79. The van der Waals surface area contributed by atoms with E-state index in [9.17, 15) is 0 Å². The second-order valence-electron chi connectivity index (χ2n) is 3.17. The van der Waals surface area contributed by atoms with E-state index in [4.69, 9.17) is 23.8 Å². The molecular formula is C10H10ClN3S. The van der Waals surface area contributed by atoms with Crippen LogP contribution in [0.3, 0.4) is 0 Å². The lowest BCUT2D eigenvalue weighted by Gasteiger charge is -2.08. The van der Waals surface area contributed by atoms with Gasteiger partial charge in [0.05, 0.1) is 5.71 Å². The van der Waals surface area contributed by atoms with Crippen molar-refractivity contribution in [1.29, 1.82) is 0 Å². The molecule has 3 nitrogen and oxygen atoms in total. The number of halogens is 1. The van der Waals surface area contributed by atoms with Crippen molar-refractivity contribution in [2.75, 3.05) is 5.32 Å². The molecule has 0 amide bonds. The molecule has 0 aromatic heterocycles. The molecule has 0 fully saturated rings. The normalized spacial score (nSPS) is 14.5. The van der Waals surface area contributed by atoms with Gasteiger partial charge >= 0.3 is 0 Å². The summed E-state index contributed by atoms with van der Waals surface area (Å²) in [4.78, 5) is 0. The Hall–Kier alpha value is -1.13. The average Bonchev–Trinajstić information content (AvgIpc) is 2.37. The largest absolute Gasteiger partial charge is 0.331 e. The molecule has 1 aromatic rings. The molecule has 0 radical (unpaired) electrons. The number of hydrogen-bond donors (Lipinski definition) is 2. The summed E-state index contributed by atoms with van der Waals surface area (Å²) in [5, 5.41) is 8.47. The van der Waals surface area contributed by atoms with Crippen LogP contribution in [0.4, 0.5) is 5.69 Å². The first kappa shape index (κ1) is 10.4. The van der Waals surface area contributed by atoms with Crippen molar-refractivity contribution in [2.24, 2.45) is 5.10 Å². The molecule has 0 unspecified atom stereocenters. The van der Waals surface area contributed by atoms with Crippen molar-refractivity contribution >= 4 is 40.3 Å². The maximum absolute atomic E-state index is 5.95. The van der Waals surface area contributed by atoms with E-state index in [0.29, 0.717) is 10.1 Å². The molecular weight excluding hydrogens is 230 g/mol. The summed E-state index contributed by atoms with van der Waals surface area (Å²) in [6, 6.07) is 5.62. The molecule has 5 heteroatoms. The minimum absolute atomic E-state index is 0.502. The lowest BCUT2D eigenvalue weighted by atomic mass is 10.1.